The summed E-state index contributed by atoms with van der Waals surface area (Å²) in [7, 11) is 0. The molecule has 1 unspecified atom stereocenters. The molecule has 0 saturated heterocycles. The highest BCUT2D eigenvalue weighted by Gasteiger charge is 2.18. The molecule has 1 aromatic rings. The quantitative estimate of drug-likeness (QED) is 0.383. The third kappa shape index (κ3) is 9.14. The van der Waals surface area contributed by atoms with Crippen molar-refractivity contribution in [3.63, 3.8) is 0 Å². The van der Waals surface area contributed by atoms with Crippen LogP contribution in [0.2, 0.25) is 0 Å². The van der Waals surface area contributed by atoms with Gasteiger partial charge in [0.2, 0.25) is 0 Å². The minimum Gasteiger partial charge on any atom is -0.392 e. The molecule has 0 fully saturated rings. The van der Waals surface area contributed by atoms with Crippen LogP contribution in [-0.2, 0) is 20.7 Å². The van der Waals surface area contributed by atoms with E-state index in [1.807, 2.05) is 30.3 Å². The van der Waals surface area contributed by atoms with Gasteiger partial charge in [-0.1, -0.05) is 75.8 Å². The second-order valence-corrected chi connectivity index (χ2v) is 5.96. The van der Waals surface area contributed by atoms with Gasteiger partial charge in [0, 0.05) is 6.42 Å². The number of esters is 2. The molecule has 2 N–H and O–H groups in total. The van der Waals surface area contributed by atoms with E-state index in [0.717, 1.165) is 24.8 Å². The first-order valence-electron chi connectivity index (χ1n) is 8.67. The lowest BCUT2D eigenvalue weighted by molar-refractivity contribution is -0.160. The molecule has 0 aliphatic carbocycles. The summed E-state index contributed by atoms with van der Waals surface area (Å²) < 4.78 is 4.83. The molecule has 0 amide bonds. The van der Waals surface area contributed by atoms with Gasteiger partial charge in [0.15, 0.2) is 0 Å². The molecule has 0 radical (unpaired) electrons. The van der Waals surface area contributed by atoms with Gasteiger partial charge in [0.05, 0.1) is 0 Å². The van der Waals surface area contributed by atoms with Crippen LogP contribution in [0.1, 0.15) is 63.9 Å². The number of carbonyl (C=O) groups is 2. The monoisotopic (exact) mass is 319 g/mol. The Morgan fingerprint density at radius 2 is 1.61 bits per heavy atom. The van der Waals surface area contributed by atoms with Crippen LogP contribution in [0.3, 0.4) is 0 Å². The van der Waals surface area contributed by atoms with Gasteiger partial charge in [-0.05, 0) is 18.4 Å². The van der Waals surface area contributed by atoms with Crippen molar-refractivity contribution in [2.45, 2.75) is 70.8 Å². The second-order valence-electron chi connectivity index (χ2n) is 5.96. The van der Waals surface area contributed by atoms with Gasteiger partial charge < -0.3 is 10.5 Å². The average molecular weight is 319 g/mol. The molecule has 1 rings (SSSR count). The molecule has 0 aliphatic rings. The molecule has 0 bridgehead atoms. The van der Waals surface area contributed by atoms with Crippen molar-refractivity contribution in [3.05, 3.63) is 35.9 Å². The largest absolute Gasteiger partial charge is 0.392 e. The zero-order valence-corrected chi connectivity index (χ0v) is 14.1. The van der Waals surface area contributed by atoms with E-state index in [1.165, 1.54) is 25.7 Å². The van der Waals surface area contributed by atoms with E-state index in [-0.39, 0.29) is 6.42 Å². The fourth-order valence-corrected chi connectivity index (χ4v) is 2.42. The summed E-state index contributed by atoms with van der Waals surface area (Å²) in [6.07, 6.45) is 8.55. The van der Waals surface area contributed by atoms with Crippen LogP contribution >= 0.6 is 0 Å². The van der Waals surface area contributed by atoms with Gasteiger partial charge in [-0.3, -0.25) is 4.79 Å². The number of benzene rings is 1. The maximum absolute atomic E-state index is 11.8. The molecule has 0 aliphatic heterocycles. The molecule has 0 heterocycles. The number of hydrogen-bond acceptors (Lipinski definition) is 4. The van der Waals surface area contributed by atoms with Gasteiger partial charge in [0.1, 0.15) is 6.04 Å². The summed E-state index contributed by atoms with van der Waals surface area (Å²) in [6, 6.07) is 8.67. The Morgan fingerprint density at radius 1 is 1.00 bits per heavy atom. The van der Waals surface area contributed by atoms with E-state index in [1.54, 1.807) is 0 Å². The third-order valence-corrected chi connectivity index (χ3v) is 3.80. The van der Waals surface area contributed by atoms with Crippen LogP contribution in [0, 0.1) is 0 Å². The minimum absolute atomic E-state index is 0.289. The lowest BCUT2D eigenvalue weighted by Gasteiger charge is -2.10. The van der Waals surface area contributed by atoms with Gasteiger partial charge in [-0.15, -0.1) is 0 Å². The zero-order valence-electron chi connectivity index (χ0n) is 14.1. The van der Waals surface area contributed by atoms with Crippen molar-refractivity contribution in [3.8, 4) is 0 Å². The van der Waals surface area contributed by atoms with Gasteiger partial charge in [0.25, 0.3) is 0 Å². The first kappa shape index (κ1) is 19.4. The molecular weight excluding hydrogens is 290 g/mol. The average Bonchev–Trinajstić information content (AvgIpc) is 2.55. The standard InChI is InChI=1S/C19H29NO3/c1-2-3-4-5-6-7-11-14-18(21)23-19(22)17(20)15-16-12-9-8-10-13-16/h8-10,12-13,17H,2-7,11,14-15,20H2,1H3. The second kappa shape index (κ2) is 11.8. The Morgan fingerprint density at radius 3 is 2.26 bits per heavy atom. The molecule has 4 heteroatoms. The Labute approximate surface area is 139 Å². The Hall–Kier alpha value is -1.68. The normalized spacial score (nSPS) is 11.9. The highest BCUT2D eigenvalue weighted by atomic mass is 16.6. The molecule has 1 aromatic carbocycles. The van der Waals surface area contributed by atoms with Crippen LogP contribution in [0.25, 0.3) is 0 Å². The van der Waals surface area contributed by atoms with E-state index >= 15 is 0 Å². The molecule has 23 heavy (non-hydrogen) atoms. The number of unbranched alkanes of at least 4 members (excludes halogenated alkanes) is 6. The predicted octanol–water partition coefficient (Wildman–Crippen LogP) is 3.77. The summed E-state index contributed by atoms with van der Waals surface area (Å²) in [6.45, 7) is 2.19. The van der Waals surface area contributed by atoms with Gasteiger partial charge in [-0.25, -0.2) is 4.79 Å². The number of ether oxygens (including phenoxy) is 1. The fourth-order valence-electron chi connectivity index (χ4n) is 2.42. The lowest BCUT2D eigenvalue weighted by atomic mass is 10.1. The van der Waals surface area contributed by atoms with Gasteiger partial charge >= 0.3 is 11.9 Å². The van der Waals surface area contributed by atoms with E-state index < -0.39 is 18.0 Å². The maximum atomic E-state index is 11.8. The number of hydrogen-bond donors (Lipinski definition) is 1. The fraction of sp³-hybridized carbons (Fsp3) is 0.579. The first-order valence-corrected chi connectivity index (χ1v) is 8.67. The minimum atomic E-state index is -0.796. The molecular formula is C19H29NO3. The molecule has 1 atom stereocenters. The zero-order chi connectivity index (χ0) is 16.9. The SMILES string of the molecule is CCCCCCCCCC(=O)OC(=O)C(N)Cc1ccccc1. The first-order chi connectivity index (χ1) is 11.1. The van der Waals surface area contributed by atoms with E-state index in [0.29, 0.717) is 6.42 Å². The van der Waals surface area contributed by atoms with Crippen molar-refractivity contribution in [2.24, 2.45) is 5.73 Å². The van der Waals surface area contributed by atoms with Crippen molar-refractivity contribution in [1.82, 2.24) is 0 Å². The van der Waals surface area contributed by atoms with E-state index in [4.69, 9.17) is 10.5 Å². The molecule has 4 nitrogen and oxygen atoms in total. The van der Waals surface area contributed by atoms with E-state index in [9.17, 15) is 9.59 Å². The number of nitrogens with two attached hydrogens (primary N) is 1. The van der Waals surface area contributed by atoms with Crippen LogP contribution in [-0.4, -0.2) is 18.0 Å². The number of rotatable bonds is 11. The van der Waals surface area contributed by atoms with Crippen molar-refractivity contribution in [1.29, 1.82) is 0 Å². The van der Waals surface area contributed by atoms with Crippen molar-refractivity contribution in [2.75, 3.05) is 0 Å². The van der Waals surface area contributed by atoms with Crippen LogP contribution < -0.4 is 5.73 Å². The Kier molecular flexibility index (Phi) is 9.96. The topological polar surface area (TPSA) is 69.4 Å². The summed E-state index contributed by atoms with van der Waals surface area (Å²) in [5.74, 6) is -1.10. The maximum Gasteiger partial charge on any atom is 0.330 e. The van der Waals surface area contributed by atoms with Crippen LogP contribution in [0.5, 0.6) is 0 Å². The Balaban J connectivity index is 2.14. The Bertz CT molecular complexity index is 459. The highest BCUT2D eigenvalue weighted by Crippen LogP contribution is 2.09. The number of carbonyl (C=O) groups excluding carboxylic acids is 2. The van der Waals surface area contributed by atoms with Gasteiger partial charge in [-0.2, -0.15) is 0 Å². The molecule has 0 aromatic heterocycles. The summed E-state index contributed by atoms with van der Waals surface area (Å²) in [5, 5.41) is 0. The third-order valence-electron chi connectivity index (χ3n) is 3.80. The van der Waals surface area contributed by atoms with Crippen molar-refractivity contribution >= 4 is 11.9 Å². The molecule has 0 saturated carbocycles. The van der Waals surface area contributed by atoms with Crippen molar-refractivity contribution < 1.29 is 14.3 Å². The summed E-state index contributed by atoms with van der Waals surface area (Å²) in [5.41, 5.74) is 6.75. The van der Waals surface area contributed by atoms with Crippen LogP contribution in [0.15, 0.2) is 30.3 Å². The highest BCUT2D eigenvalue weighted by molar-refractivity contribution is 5.88. The predicted molar refractivity (Wildman–Crippen MR) is 91.8 cm³/mol. The lowest BCUT2D eigenvalue weighted by Crippen LogP contribution is -2.35. The van der Waals surface area contributed by atoms with E-state index in [2.05, 4.69) is 6.92 Å². The molecule has 0 spiro atoms. The van der Waals surface area contributed by atoms with Crippen LogP contribution in [0.4, 0.5) is 0 Å². The summed E-state index contributed by atoms with van der Waals surface area (Å²) in [4.78, 5) is 23.4. The smallest absolute Gasteiger partial charge is 0.330 e. The summed E-state index contributed by atoms with van der Waals surface area (Å²) >= 11 is 0. The molecule has 128 valence electrons.